The van der Waals surface area contributed by atoms with E-state index in [9.17, 15) is 19.8 Å². The summed E-state index contributed by atoms with van der Waals surface area (Å²) in [6, 6.07) is 0. The summed E-state index contributed by atoms with van der Waals surface area (Å²) in [5.41, 5.74) is 0.498. The van der Waals surface area contributed by atoms with Crippen LogP contribution in [0.15, 0.2) is 12.2 Å². The SMILES string of the molecule is C=C(C)C(O)OCCOC(=O)NCCC1CC2CC1CC2CNC(=O)OCCOC(O)C(C)C. The molecule has 2 amide bonds. The molecule has 0 aromatic rings. The molecule has 0 aromatic heterocycles. The molecular weight excluding hydrogens is 444 g/mol. The molecule has 10 nitrogen and oxygen atoms in total. The number of nitrogens with one attached hydrogen (secondary N) is 2. The Bertz CT molecular complexity index is 659. The van der Waals surface area contributed by atoms with Gasteiger partial charge in [0.1, 0.15) is 13.2 Å². The van der Waals surface area contributed by atoms with Crippen molar-refractivity contribution in [2.75, 3.05) is 39.5 Å². The van der Waals surface area contributed by atoms with Crippen LogP contribution in [0.5, 0.6) is 0 Å². The third kappa shape index (κ3) is 9.77. The van der Waals surface area contributed by atoms with Crippen LogP contribution in [-0.2, 0) is 18.9 Å². The van der Waals surface area contributed by atoms with Gasteiger partial charge in [0.15, 0.2) is 12.6 Å². The standard InChI is InChI=1S/C24H42N2O8/c1-15(2)21(27)31-7-9-33-23(29)25-6-5-17-11-19-12-18(17)13-20(19)14-26-24(30)34-10-8-32-22(28)16(3)4/h16-22,27-28H,1,5-14H2,2-4H3,(H,25,29)(H,26,30). The average Bonchev–Trinajstić information content (AvgIpc) is 3.38. The Morgan fingerprint density at radius 3 is 2.09 bits per heavy atom. The predicted octanol–water partition coefficient (Wildman–Crippen LogP) is 2.39. The van der Waals surface area contributed by atoms with Crippen molar-refractivity contribution in [3.05, 3.63) is 12.2 Å². The number of amides is 2. The smallest absolute Gasteiger partial charge is 0.407 e. The molecule has 34 heavy (non-hydrogen) atoms. The summed E-state index contributed by atoms with van der Waals surface area (Å²) in [6.07, 6.45) is 1.42. The van der Waals surface area contributed by atoms with Gasteiger partial charge in [-0.25, -0.2) is 9.59 Å². The van der Waals surface area contributed by atoms with E-state index in [-0.39, 0.29) is 32.3 Å². The van der Waals surface area contributed by atoms with Crippen molar-refractivity contribution >= 4 is 12.2 Å². The van der Waals surface area contributed by atoms with Crippen molar-refractivity contribution in [3.63, 3.8) is 0 Å². The molecule has 0 saturated heterocycles. The summed E-state index contributed by atoms with van der Waals surface area (Å²) in [5, 5.41) is 24.6. The first kappa shape index (κ1) is 28.4. The van der Waals surface area contributed by atoms with Gasteiger partial charge >= 0.3 is 12.2 Å². The number of fused-ring (bicyclic) bond motifs is 2. The second-order valence-corrected chi connectivity index (χ2v) is 9.69. The Hall–Kier alpha value is -1.88. The maximum absolute atomic E-state index is 11.9. The van der Waals surface area contributed by atoms with Crippen LogP contribution in [0.3, 0.4) is 0 Å². The molecule has 0 spiro atoms. The lowest BCUT2D eigenvalue weighted by molar-refractivity contribution is -0.132. The highest BCUT2D eigenvalue weighted by atomic mass is 16.6. The minimum atomic E-state index is -1.04. The molecule has 2 rings (SSSR count). The molecule has 2 fully saturated rings. The van der Waals surface area contributed by atoms with Crippen molar-refractivity contribution in [3.8, 4) is 0 Å². The Morgan fingerprint density at radius 1 is 0.912 bits per heavy atom. The molecule has 10 heteroatoms. The lowest BCUT2D eigenvalue weighted by Crippen LogP contribution is -2.34. The Morgan fingerprint density at radius 2 is 1.50 bits per heavy atom. The highest BCUT2D eigenvalue weighted by Gasteiger charge is 2.45. The van der Waals surface area contributed by atoms with Gasteiger partial charge in [-0.1, -0.05) is 20.4 Å². The van der Waals surface area contributed by atoms with Gasteiger partial charge in [-0.15, -0.1) is 0 Å². The number of aliphatic hydroxyl groups excluding tert-OH is 2. The van der Waals surface area contributed by atoms with Crippen molar-refractivity contribution in [1.82, 2.24) is 10.6 Å². The van der Waals surface area contributed by atoms with Gasteiger partial charge in [0.2, 0.25) is 0 Å². The van der Waals surface area contributed by atoms with Crippen molar-refractivity contribution in [1.29, 1.82) is 0 Å². The van der Waals surface area contributed by atoms with Crippen LogP contribution in [0.2, 0.25) is 0 Å². The molecule has 0 radical (unpaired) electrons. The molecule has 6 atom stereocenters. The molecule has 0 aliphatic heterocycles. The number of carbonyl (C=O) groups excluding carboxylic acids is 2. The van der Waals surface area contributed by atoms with Gasteiger partial charge < -0.3 is 39.8 Å². The van der Waals surface area contributed by atoms with Crippen LogP contribution in [0.25, 0.3) is 0 Å². The number of hydrogen-bond acceptors (Lipinski definition) is 8. The summed E-state index contributed by atoms with van der Waals surface area (Å²) < 4.78 is 20.4. The molecule has 6 unspecified atom stereocenters. The fourth-order valence-corrected chi connectivity index (χ4v) is 4.73. The van der Waals surface area contributed by atoms with Crippen molar-refractivity contribution < 1.29 is 38.7 Å². The maximum atomic E-state index is 11.9. The number of aliphatic hydroxyl groups is 2. The van der Waals surface area contributed by atoms with Gasteiger partial charge in [0, 0.05) is 19.0 Å². The summed E-state index contributed by atoms with van der Waals surface area (Å²) in [6.45, 7) is 10.5. The fraction of sp³-hybridized carbons (Fsp3) is 0.833. The van der Waals surface area contributed by atoms with E-state index in [0.717, 1.165) is 19.3 Å². The van der Waals surface area contributed by atoms with Gasteiger partial charge in [0.25, 0.3) is 0 Å². The maximum Gasteiger partial charge on any atom is 0.407 e. The lowest BCUT2D eigenvalue weighted by Gasteiger charge is -2.28. The van der Waals surface area contributed by atoms with E-state index in [2.05, 4.69) is 17.2 Å². The number of ether oxygens (including phenoxy) is 4. The molecule has 0 aromatic carbocycles. The van der Waals surface area contributed by atoms with E-state index in [0.29, 0.717) is 42.3 Å². The van der Waals surface area contributed by atoms with Gasteiger partial charge in [-0.05, 0) is 61.9 Å². The van der Waals surface area contributed by atoms with E-state index in [1.54, 1.807) is 6.92 Å². The second-order valence-electron chi connectivity index (χ2n) is 9.69. The highest BCUT2D eigenvalue weighted by Crippen LogP contribution is 2.52. The zero-order chi connectivity index (χ0) is 25.1. The molecule has 2 saturated carbocycles. The highest BCUT2D eigenvalue weighted by molar-refractivity contribution is 5.67. The quantitative estimate of drug-likeness (QED) is 0.157. The minimum absolute atomic E-state index is 0.00662. The largest absolute Gasteiger partial charge is 0.447 e. The Kier molecular flexibility index (Phi) is 12.1. The van der Waals surface area contributed by atoms with Crippen LogP contribution in [0, 0.1) is 29.6 Å². The molecule has 196 valence electrons. The van der Waals surface area contributed by atoms with E-state index in [1.165, 1.54) is 6.42 Å². The first-order valence-corrected chi connectivity index (χ1v) is 12.2. The Balaban J connectivity index is 1.50. The lowest BCUT2D eigenvalue weighted by atomic mass is 9.80. The van der Waals surface area contributed by atoms with Crippen LogP contribution in [-0.4, -0.2) is 74.5 Å². The second kappa shape index (κ2) is 14.5. The van der Waals surface area contributed by atoms with Crippen molar-refractivity contribution in [2.24, 2.45) is 29.6 Å². The summed E-state index contributed by atoms with van der Waals surface area (Å²) in [5.74, 6) is 2.23. The zero-order valence-electron chi connectivity index (χ0n) is 20.7. The monoisotopic (exact) mass is 486 g/mol. The topological polar surface area (TPSA) is 136 Å². The number of hydrogen-bond donors (Lipinski definition) is 4. The van der Waals surface area contributed by atoms with Crippen LogP contribution in [0.4, 0.5) is 9.59 Å². The van der Waals surface area contributed by atoms with Gasteiger partial charge in [-0.2, -0.15) is 0 Å². The van der Waals surface area contributed by atoms with Crippen LogP contribution >= 0.6 is 0 Å². The summed E-state index contributed by atoms with van der Waals surface area (Å²) in [4.78, 5) is 23.7. The predicted molar refractivity (Wildman–Crippen MR) is 125 cm³/mol. The normalized spacial score (nSPS) is 25.1. The number of alkyl carbamates (subject to hydrolysis) is 2. The average molecular weight is 487 g/mol. The van der Waals surface area contributed by atoms with Gasteiger partial charge in [-0.3, -0.25) is 0 Å². The van der Waals surface area contributed by atoms with Crippen molar-refractivity contribution in [2.45, 2.75) is 59.0 Å². The molecular formula is C24H42N2O8. The molecule has 2 bridgehead atoms. The molecule has 2 aliphatic rings. The minimum Gasteiger partial charge on any atom is -0.447 e. The van der Waals surface area contributed by atoms with E-state index in [1.807, 2.05) is 13.8 Å². The molecule has 4 N–H and O–H groups in total. The van der Waals surface area contributed by atoms with E-state index in [4.69, 9.17) is 18.9 Å². The summed E-state index contributed by atoms with van der Waals surface area (Å²) >= 11 is 0. The van der Waals surface area contributed by atoms with Crippen LogP contribution < -0.4 is 10.6 Å². The Labute approximate surface area is 202 Å². The third-order valence-corrected chi connectivity index (χ3v) is 6.63. The number of rotatable bonds is 15. The van der Waals surface area contributed by atoms with E-state index >= 15 is 0 Å². The van der Waals surface area contributed by atoms with E-state index < -0.39 is 24.8 Å². The molecule has 2 aliphatic carbocycles. The molecule has 0 heterocycles. The first-order chi connectivity index (χ1) is 16.2. The van der Waals surface area contributed by atoms with Gasteiger partial charge in [0.05, 0.1) is 13.2 Å². The third-order valence-electron chi connectivity index (χ3n) is 6.63. The number of carbonyl (C=O) groups is 2. The summed E-state index contributed by atoms with van der Waals surface area (Å²) in [7, 11) is 0. The first-order valence-electron chi connectivity index (χ1n) is 12.2. The fourth-order valence-electron chi connectivity index (χ4n) is 4.73. The van der Waals surface area contributed by atoms with Crippen LogP contribution in [0.1, 0.15) is 46.5 Å². The zero-order valence-corrected chi connectivity index (χ0v) is 20.7.